The van der Waals surface area contributed by atoms with Gasteiger partial charge >= 0.3 is 18.3 Å². The van der Waals surface area contributed by atoms with Gasteiger partial charge in [0.15, 0.2) is 11.2 Å². The van der Waals surface area contributed by atoms with E-state index in [1.807, 2.05) is 0 Å². The lowest BCUT2D eigenvalue weighted by molar-refractivity contribution is -0.213. The van der Waals surface area contributed by atoms with E-state index in [9.17, 15) is 40.3 Å². The third-order valence-corrected chi connectivity index (χ3v) is 7.73. The first-order valence-corrected chi connectivity index (χ1v) is 14.5. The topological polar surface area (TPSA) is 88.5 Å². The number of carbonyl (C=O) groups excluding carboxylic acids is 2. The average molecular weight is 650 g/mol. The van der Waals surface area contributed by atoms with Crippen LogP contribution >= 0.6 is 0 Å². The van der Waals surface area contributed by atoms with Gasteiger partial charge in [0, 0.05) is 37.7 Å². The molecular weight excluding hydrogens is 611 g/mol. The Labute approximate surface area is 257 Å². The minimum Gasteiger partial charge on any atom is -0.466 e. The molecule has 0 saturated carbocycles. The molecular formula is C30H38F7N5O3. The summed E-state index contributed by atoms with van der Waals surface area (Å²) in [7, 11) is 0. The second-order valence-corrected chi connectivity index (χ2v) is 11.3. The summed E-state index contributed by atoms with van der Waals surface area (Å²) in [5.74, 6) is -4.85. The van der Waals surface area contributed by atoms with E-state index in [2.05, 4.69) is 15.6 Å². The number of ether oxygens (including phenoxy) is 1. The Morgan fingerprint density at radius 1 is 1.07 bits per heavy atom. The molecule has 2 aromatic rings. The van der Waals surface area contributed by atoms with Crippen LogP contribution in [0.3, 0.4) is 0 Å². The third kappa shape index (κ3) is 8.98. The number of benzene rings is 1. The number of nitrogens with zero attached hydrogens (tertiary/aromatic N) is 3. The molecule has 250 valence electrons. The number of piperidine rings is 1. The van der Waals surface area contributed by atoms with Crippen molar-refractivity contribution < 1.29 is 45.1 Å². The lowest BCUT2D eigenvalue weighted by Crippen LogP contribution is -2.55. The summed E-state index contributed by atoms with van der Waals surface area (Å²) in [6.07, 6.45) is -3.46. The number of imidazole rings is 1. The fourth-order valence-electron chi connectivity index (χ4n) is 4.83. The predicted molar refractivity (Wildman–Crippen MR) is 154 cm³/mol. The average Bonchev–Trinajstić information content (AvgIpc) is 3.40. The van der Waals surface area contributed by atoms with E-state index >= 15 is 0 Å². The highest BCUT2D eigenvalue weighted by atomic mass is 19.4. The highest BCUT2D eigenvalue weighted by molar-refractivity contribution is 5.94. The van der Waals surface area contributed by atoms with Crippen LogP contribution in [0.2, 0.25) is 0 Å². The minimum absolute atomic E-state index is 0.147. The van der Waals surface area contributed by atoms with Crippen molar-refractivity contribution in [1.29, 1.82) is 0 Å². The molecule has 0 bridgehead atoms. The maximum Gasteiger partial charge on any atom is 0.416 e. The number of carbonyl (C=O) groups is 2. The van der Waals surface area contributed by atoms with Crippen molar-refractivity contribution in [3.05, 3.63) is 53.9 Å². The minimum atomic E-state index is -5.08. The van der Waals surface area contributed by atoms with Crippen molar-refractivity contribution in [3.8, 4) is 0 Å². The predicted octanol–water partition coefficient (Wildman–Crippen LogP) is 6.48. The van der Waals surface area contributed by atoms with Crippen LogP contribution in [0.5, 0.6) is 0 Å². The van der Waals surface area contributed by atoms with Crippen molar-refractivity contribution in [2.75, 3.05) is 36.5 Å². The van der Waals surface area contributed by atoms with Gasteiger partial charge in [-0.3, -0.25) is 20.2 Å². The van der Waals surface area contributed by atoms with Crippen LogP contribution in [-0.2, 0) is 27.0 Å². The van der Waals surface area contributed by atoms with Gasteiger partial charge in [0.25, 0.3) is 0 Å². The van der Waals surface area contributed by atoms with Crippen LogP contribution < -0.4 is 15.5 Å². The van der Waals surface area contributed by atoms with E-state index in [4.69, 9.17) is 4.74 Å². The first-order valence-electron chi connectivity index (χ1n) is 14.5. The summed E-state index contributed by atoms with van der Waals surface area (Å²) in [5, 5.41) is 4.32. The number of aromatic nitrogens is 2. The lowest BCUT2D eigenvalue weighted by atomic mass is 9.88. The summed E-state index contributed by atoms with van der Waals surface area (Å²) in [5.41, 5.74) is -3.36. The molecule has 1 saturated heterocycles. The van der Waals surface area contributed by atoms with Gasteiger partial charge < -0.3 is 14.2 Å². The Morgan fingerprint density at radius 3 is 2.31 bits per heavy atom. The van der Waals surface area contributed by atoms with E-state index in [-0.39, 0.29) is 49.8 Å². The molecule has 15 heteroatoms. The molecule has 1 aromatic carbocycles. The highest BCUT2D eigenvalue weighted by Crippen LogP contribution is 2.40. The number of amides is 1. The summed E-state index contributed by atoms with van der Waals surface area (Å²) in [6.45, 7) is 4.58. The van der Waals surface area contributed by atoms with Crippen LogP contribution in [0, 0.1) is 11.3 Å². The van der Waals surface area contributed by atoms with Gasteiger partial charge in [-0.15, -0.1) is 0 Å². The number of nitrogens with one attached hydrogen (secondary N) is 2. The zero-order chi connectivity index (χ0) is 33.6. The van der Waals surface area contributed by atoms with Gasteiger partial charge in [0.2, 0.25) is 11.9 Å². The number of esters is 1. The third-order valence-electron chi connectivity index (χ3n) is 7.73. The van der Waals surface area contributed by atoms with Gasteiger partial charge in [-0.05, 0) is 63.8 Å². The van der Waals surface area contributed by atoms with E-state index in [0.717, 1.165) is 25.1 Å². The largest absolute Gasteiger partial charge is 0.466 e. The van der Waals surface area contributed by atoms with Crippen molar-refractivity contribution in [1.82, 2.24) is 14.9 Å². The number of hydrogen-bond donors (Lipinski definition) is 2. The summed E-state index contributed by atoms with van der Waals surface area (Å²) >= 11 is 0. The van der Waals surface area contributed by atoms with Crippen molar-refractivity contribution in [2.45, 2.75) is 71.6 Å². The van der Waals surface area contributed by atoms with Crippen LogP contribution in [0.4, 0.5) is 42.4 Å². The van der Waals surface area contributed by atoms with E-state index < -0.39 is 41.6 Å². The zero-order valence-electron chi connectivity index (χ0n) is 25.5. The molecule has 2 atom stereocenters. The van der Waals surface area contributed by atoms with Crippen LogP contribution in [0.25, 0.3) is 0 Å². The molecule has 1 aromatic heterocycles. The second kappa shape index (κ2) is 14.2. The summed E-state index contributed by atoms with van der Waals surface area (Å²) in [6, 6.07) is 3.14. The molecule has 0 spiro atoms. The summed E-state index contributed by atoms with van der Waals surface area (Å²) in [4.78, 5) is 30.9. The molecule has 0 aliphatic carbocycles. The Morgan fingerprint density at radius 2 is 1.73 bits per heavy atom. The Hall–Kier alpha value is -3.62. The first kappa shape index (κ1) is 35.9. The summed E-state index contributed by atoms with van der Waals surface area (Å²) < 4.78 is 105. The lowest BCUT2D eigenvalue weighted by Gasteiger charge is -2.34. The Kier molecular flexibility index (Phi) is 11.3. The Bertz CT molecular complexity index is 1350. The smallest absolute Gasteiger partial charge is 0.416 e. The number of halogens is 7. The fourth-order valence-corrected chi connectivity index (χ4v) is 4.83. The quantitative estimate of drug-likeness (QED) is 0.119. The molecule has 2 N–H and O–H groups in total. The standard InChI is InChI=1S/C30H38F7N5O3/c1-5-7-12-28(4,31)39-19-27(3,30(35,36)37)25(44)40-26-38-13-16-42(26)18-21-8-9-22(29(32,33)34)17-23(21)41-14-10-20(11-15-41)24(43)45-6-2/h7-9,12-13,16-17,20,39H,5-6,10-11,14-15,18-19H2,1-4H3,(H,38,40,44). The normalized spacial score (nSPS) is 17.6. The number of allylic oxidation sites excluding steroid dienone is 1. The van der Waals surface area contributed by atoms with Gasteiger partial charge in [-0.2, -0.15) is 26.3 Å². The maximum atomic E-state index is 14.7. The fraction of sp³-hybridized carbons (Fsp3) is 0.567. The molecule has 8 nitrogen and oxygen atoms in total. The van der Waals surface area contributed by atoms with Gasteiger partial charge in [0.1, 0.15) is 0 Å². The van der Waals surface area contributed by atoms with E-state index in [1.54, 1.807) is 18.7 Å². The van der Waals surface area contributed by atoms with Gasteiger partial charge in [0.05, 0.1) is 24.6 Å². The van der Waals surface area contributed by atoms with Crippen molar-refractivity contribution in [2.24, 2.45) is 11.3 Å². The number of alkyl halides is 7. The first-order chi connectivity index (χ1) is 20.9. The molecule has 2 heterocycles. The maximum absolute atomic E-state index is 14.7. The van der Waals surface area contributed by atoms with E-state index in [0.29, 0.717) is 31.7 Å². The second-order valence-electron chi connectivity index (χ2n) is 11.3. The number of anilines is 2. The van der Waals surface area contributed by atoms with Crippen molar-refractivity contribution >= 4 is 23.5 Å². The van der Waals surface area contributed by atoms with Crippen LogP contribution in [0.15, 0.2) is 42.7 Å². The molecule has 1 aliphatic heterocycles. The van der Waals surface area contributed by atoms with Crippen LogP contribution in [-0.4, -0.2) is 59.6 Å². The molecule has 0 radical (unpaired) electrons. The van der Waals surface area contributed by atoms with Crippen LogP contribution in [0.1, 0.15) is 58.1 Å². The SMILES string of the molecule is CCC=CC(C)(F)NCC(C)(C(=O)Nc1nccn1Cc1ccc(C(F)(F)F)cc1N1CCC(C(=O)OCC)CC1)C(F)(F)F. The molecule has 1 fully saturated rings. The molecule has 1 amide bonds. The molecule has 3 rings (SSSR count). The van der Waals surface area contributed by atoms with Gasteiger partial charge in [-0.1, -0.05) is 19.1 Å². The molecule has 2 unspecified atom stereocenters. The monoisotopic (exact) mass is 649 g/mol. The van der Waals surface area contributed by atoms with Crippen molar-refractivity contribution in [3.63, 3.8) is 0 Å². The number of hydrogen-bond acceptors (Lipinski definition) is 6. The molecule has 1 aliphatic rings. The zero-order valence-corrected chi connectivity index (χ0v) is 25.5. The highest BCUT2D eigenvalue weighted by Gasteiger charge is 2.57. The Balaban J connectivity index is 1.86. The van der Waals surface area contributed by atoms with E-state index in [1.165, 1.54) is 29.1 Å². The van der Waals surface area contributed by atoms with Gasteiger partial charge in [-0.25, -0.2) is 9.37 Å². The number of rotatable bonds is 12. The molecule has 45 heavy (non-hydrogen) atoms.